The van der Waals surface area contributed by atoms with E-state index in [1.54, 1.807) is 40.1 Å². The van der Waals surface area contributed by atoms with Crippen LogP contribution in [0.5, 0.6) is 0 Å². The molecule has 22 rings (SSSR count). The van der Waals surface area contributed by atoms with Crippen molar-refractivity contribution >= 4 is 125 Å². The van der Waals surface area contributed by atoms with E-state index in [2.05, 4.69) is 61.0 Å². The number of benzene rings is 9. The first-order chi connectivity index (χ1) is 67.8. The second kappa shape index (κ2) is 41.8. The first-order valence-electron chi connectivity index (χ1n) is 47.4. The largest absolute Gasteiger partial charge is 0.383 e. The molecule has 1 aromatic heterocycles. The number of hydrogen-bond acceptors (Lipinski definition) is 19. The zero-order valence-electron chi connectivity index (χ0n) is 78.2. The summed E-state index contributed by atoms with van der Waals surface area (Å²) in [5.41, 5.74) is 10.1. The lowest BCUT2D eigenvalue weighted by molar-refractivity contribution is -0.146. The van der Waals surface area contributed by atoms with E-state index in [1.165, 1.54) is 109 Å². The molecule has 0 saturated carbocycles. The third-order valence-electron chi connectivity index (χ3n) is 27.7. The second-order valence-electron chi connectivity index (χ2n) is 37.1. The van der Waals surface area contributed by atoms with Gasteiger partial charge in [-0.05, 0) is 302 Å². The molecule has 141 heavy (non-hydrogen) atoms. The van der Waals surface area contributed by atoms with Crippen molar-refractivity contribution in [2.75, 3.05) is 33.7 Å². The summed E-state index contributed by atoms with van der Waals surface area (Å²) in [5.74, 6) is -6.77. The molecule has 5 aliphatic carbocycles. The minimum atomic E-state index is -1.23. The standard InChI is InChI=1S/C25H28F2N4OS.C23H23F2N3OS.C22H22F2N2O2S.C19H16F2N2OS.C17H14F2N2OS2/c1-29-14-11-19(12-15-29)30(2)24(32)31-25(13-5-7-17-6-3-4-8-21(17)25)33-23(28-31)20-16-18(26)9-10-22(20)27;24-16-10-11-19(25)17(14-16)21-27-28(22(29)20-9-3-4-13-26-20)23(30-21)12-5-7-15-6-1-2-8-18(15)23;1-13(2)19(27)21(28)26-22(11-5-7-14-6-3-4-8-17(14)22)29-20(25-26)16-12-15(23)9-10-18(16)24;1-12(24)23-19(10-4-6-13-5-2-3-7-16(13)19)25-18(22-23)15-11-14(20)8-9-17(15)21;1-10(22)21-17(7-2-3-15-13(17)6-8-23-15)24-16(20-21)12-9-11(18)4-5-14(12)19/h3-4,6,8-10,16,19H,5,7,11-15H2,1-2H3;1-2,6,8,10-11,14,20,26H,3-5,7,9,12-13H2;3-4,6,8-10,12-13,19,27H,5,7,11H2,1-2H3;2-3,5,7-9,11H,4,6,10H2,1H3;4-6,8-9H,2-3,7H2,1H3/t;20-,23?;19-,22?;;/m.00../s1. The highest BCUT2D eigenvalue weighted by Gasteiger charge is 2.58. The highest BCUT2D eigenvalue weighted by Crippen LogP contribution is 2.61. The number of piperidine rings is 2. The number of nitrogens with zero attached hydrogens (tertiary/aromatic N) is 12. The van der Waals surface area contributed by atoms with Crippen LogP contribution in [0.15, 0.2) is 225 Å². The summed E-state index contributed by atoms with van der Waals surface area (Å²) in [5, 5.41) is 47.2. The number of likely N-dealkylation sites (tertiary alicyclic amines) is 1. The Labute approximate surface area is 836 Å². The topological polar surface area (TPSA) is 202 Å². The van der Waals surface area contributed by atoms with Crippen LogP contribution < -0.4 is 5.32 Å². The van der Waals surface area contributed by atoms with Gasteiger partial charge < -0.3 is 20.2 Å². The van der Waals surface area contributed by atoms with Crippen molar-refractivity contribution in [1.82, 2.24) is 40.2 Å². The third-order valence-corrected chi connectivity index (χ3v) is 35.8. The molecule has 19 nitrogen and oxygen atoms in total. The van der Waals surface area contributed by atoms with E-state index in [4.69, 9.17) is 0 Å². The third kappa shape index (κ3) is 19.6. The van der Waals surface area contributed by atoms with Crippen molar-refractivity contribution in [1.29, 1.82) is 0 Å². The molecule has 8 heterocycles. The number of urea groups is 1. The number of aryl methyl sites for hydroxylation is 5. The van der Waals surface area contributed by atoms with Crippen LogP contribution >= 0.6 is 70.1 Å². The molecule has 12 aliphatic rings. The molecule has 6 amide bonds. The predicted octanol–water partition coefficient (Wildman–Crippen LogP) is 22.8. The summed E-state index contributed by atoms with van der Waals surface area (Å²) in [6.07, 6.45) is 16.0. The molecule has 5 unspecified atom stereocenters. The zero-order valence-corrected chi connectivity index (χ0v) is 83.1. The average Bonchev–Trinajstić information content (AvgIpc) is 1.61. The fourth-order valence-corrected chi connectivity index (χ4v) is 29.2. The number of halogens is 10. The Morgan fingerprint density at radius 3 is 1.07 bits per heavy atom. The Balaban J connectivity index is 0.000000117. The number of thiophene rings is 1. The lowest BCUT2D eigenvalue weighted by Crippen LogP contribution is -2.52. The van der Waals surface area contributed by atoms with Crippen LogP contribution in [-0.4, -0.2) is 147 Å². The number of amides is 6. The lowest BCUT2D eigenvalue weighted by atomic mass is 9.86. The fourth-order valence-electron chi connectivity index (χ4n) is 20.7. The van der Waals surface area contributed by atoms with E-state index < -0.39 is 94.5 Å². The van der Waals surface area contributed by atoms with E-state index in [0.717, 1.165) is 260 Å². The highest BCUT2D eigenvalue weighted by molar-refractivity contribution is 8.16. The number of carbonyl (C=O) groups excluding carboxylic acids is 5. The first-order valence-corrected chi connectivity index (χ1v) is 52.3. The molecule has 7 atom stereocenters. The summed E-state index contributed by atoms with van der Waals surface area (Å²) < 4.78 is 141. The van der Waals surface area contributed by atoms with Gasteiger partial charge in [-0.15, -0.1) is 11.3 Å². The minimum Gasteiger partial charge on any atom is -0.383 e. The normalized spacial score (nSPS) is 23.3. The van der Waals surface area contributed by atoms with Crippen LogP contribution in [0, 0.1) is 64.1 Å². The summed E-state index contributed by atoms with van der Waals surface area (Å²) in [4.78, 5) is 66.8. The van der Waals surface area contributed by atoms with Gasteiger partial charge in [0.1, 0.15) is 114 Å². The molecule has 0 radical (unpaired) electrons. The van der Waals surface area contributed by atoms with Crippen molar-refractivity contribution in [3.8, 4) is 0 Å². The fraction of sp³-hybridized carbons (Fsp3) is 0.358. The smallest absolute Gasteiger partial charge is 0.342 e. The summed E-state index contributed by atoms with van der Waals surface area (Å²) >= 11 is 8.35. The van der Waals surface area contributed by atoms with Gasteiger partial charge in [-0.3, -0.25) is 19.2 Å². The van der Waals surface area contributed by atoms with Gasteiger partial charge in [0.05, 0.1) is 6.04 Å². The summed E-state index contributed by atoms with van der Waals surface area (Å²) in [7, 11) is 3.93. The van der Waals surface area contributed by atoms with Gasteiger partial charge in [0.15, 0.2) is 0 Å². The van der Waals surface area contributed by atoms with Crippen LogP contribution in [-0.2, 0) is 75.6 Å². The monoisotopic (exact) mass is 2040 g/mol. The minimum absolute atomic E-state index is 0.0202. The highest BCUT2D eigenvalue weighted by atomic mass is 32.2. The van der Waals surface area contributed by atoms with E-state index in [1.807, 2.05) is 97.4 Å². The number of aliphatic hydroxyl groups excluding tert-OH is 1. The lowest BCUT2D eigenvalue weighted by Gasteiger charge is -2.43. The Bertz CT molecular complexity index is 6700. The number of rotatable bonds is 9. The maximum Gasteiger partial charge on any atom is 0.342 e. The SMILES string of the molecule is CC(=O)N1N=C(c2cc(F)ccc2F)SC12CCCc1ccccc12.CC(=O)N1N=C(c2cc(F)ccc2F)SC12CCCc1sccc12.CC(C)[C@H](O)C(=O)N1N=C(c2cc(F)ccc2F)SC12CCCc1ccccc12.CN1CCC(N(C)C(=O)N2N=C(c3cc(F)ccc3F)SC23CCCc2ccccc23)CC1.O=C([C@@H]1CCCCN1)N1N=C(c2cc(F)ccc2F)SC12CCCc1ccccc12. The number of nitrogens with one attached hydrogen (secondary N) is 1. The van der Waals surface area contributed by atoms with E-state index >= 15 is 0 Å². The van der Waals surface area contributed by atoms with Crippen molar-refractivity contribution in [2.24, 2.45) is 31.4 Å². The van der Waals surface area contributed by atoms with E-state index in [9.17, 15) is 73.0 Å². The molecule has 2 N–H and O–H groups in total. The maximum absolute atomic E-state index is 14.7. The van der Waals surface area contributed by atoms with E-state index in [0.29, 0.717) is 33.0 Å². The summed E-state index contributed by atoms with van der Waals surface area (Å²) in [6.45, 7) is 9.09. The Kier molecular flexibility index (Phi) is 29.7. The van der Waals surface area contributed by atoms with Gasteiger partial charge in [-0.25, -0.2) is 68.7 Å². The van der Waals surface area contributed by atoms with Gasteiger partial charge in [0.25, 0.3) is 11.8 Å². The second-order valence-corrected chi connectivity index (χ2v) is 44.5. The molecular weight excluding hydrogens is 1930 g/mol. The van der Waals surface area contributed by atoms with Gasteiger partial charge in [-0.2, -0.15) is 30.5 Å². The number of carbonyl (C=O) groups is 5. The first kappa shape index (κ1) is 100. The average molecular weight is 2040 g/mol. The van der Waals surface area contributed by atoms with Crippen LogP contribution in [0.3, 0.4) is 0 Å². The zero-order chi connectivity index (χ0) is 99.1. The van der Waals surface area contributed by atoms with Gasteiger partial charge in [-0.1, -0.05) is 176 Å². The molecule has 734 valence electrons. The molecule has 9 aromatic carbocycles. The molecule has 0 bridgehead atoms. The van der Waals surface area contributed by atoms with Crippen molar-refractivity contribution in [2.45, 2.75) is 199 Å². The molecule has 35 heteroatoms. The van der Waals surface area contributed by atoms with Crippen LogP contribution in [0.1, 0.15) is 207 Å². The Morgan fingerprint density at radius 2 is 0.716 bits per heavy atom. The molecule has 7 aliphatic heterocycles. The van der Waals surface area contributed by atoms with Crippen molar-refractivity contribution in [3.63, 3.8) is 0 Å². The quantitative estimate of drug-likeness (QED) is 0.129. The van der Waals surface area contributed by atoms with Crippen molar-refractivity contribution in [3.05, 3.63) is 340 Å². The number of hydrogen-bond donors (Lipinski definition) is 2. The molecular formula is C106H103F10N13O6S6. The molecule has 5 spiro atoms. The van der Waals surface area contributed by atoms with E-state index in [-0.39, 0.29) is 74.6 Å². The molecule has 2 fully saturated rings. The predicted molar refractivity (Wildman–Crippen MR) is 536 cm³/mol. The summed E-state index contributed by atoms with van der Waals surface area (Å²) in [6, 6.07) is 50.2. The number of aliphatic hydroxyl groups is 1. The number of hydrazone groups is 5. The Morgan fingerprint density at radius 1 is 0.397 bits per heavy atom. The number of fused-ring (bicyclic) bond motifs is 10. The molecule has 2 saturated heterocycles. The Hall–Kier alpha value is -10.9. The van der Waals surface area contributed by atoms with Crippen LogP contribution in [0.2, 0.25) is 0 Å². The van der Waals surface area contributed by atoms with Crippen LogP contribution in [0.4, 0.5) is 48.7 Å². The maximum atomic E-state index is 14.7. The van der Waals surface area contributed by atoms with Crippen LogP contribution in [0.25, 0.3) is 0 Å². The van der Waals surface area contributed by atoms with Gasteiger partial charge >= 0.3 is 6.03 Å². The van der Waals surface area contributed by atoms with Crippen molar-refractivity contribution < 1.29 is 73.0 Å². The van der Waals surface area contributed by atoms with Gasteiger partial charge in [0, 0.05) is 65.2 Å². The molecule has 10 aromatic rings. The van der Waals surface area contributed by atoms with Gasteiger partial charge in [0.2, 0.25) is 11.8 Å². The number of thioether (sulfide) groups is 5.